The van der Waals surface area contributed by atoms with Crippen molar-refractivity contribution in [1.82, 2.24) is 9.80 Å². The lowest BCUT2D eigenvalue weighted by Gasteiger charge is -2.39. The molecule has 0 bridgehead atoms. The first-order chi connectivity index (χ1) is 19.4. The number of hydrogen-bond acceptors (Lipinski definition) is 5. The maximum absolute atomic E-state index is 12.9. The Morgan fingerprint density at radius 1 is 0.775 bits per heavy atom. The SMILES string of the molecule is Cc1ccccc1NS(=O)(=O)c1ccc(OCC(=O)N2CCN(C(c3ccccc3)c3ccccc3)CC2)cc1. The highest BCUT2D eigenvalue weighted by atomic mass is 32.2. The third-order valence-corrected chi connectivity index (χ3v) is 8.53. The molecule has 1 heterocycles. The Balaban J connectivity index is 1.16. The summed E-state index contributed by atoms with van der Waals surface area (Å²) in [5.41, 5.74) is 3.83. The summed E-state index contributed by atoms with van der Waals surface area (Å²) in [6, 6.07) is 34.3. The molecule has 1 saturated heterocycles. The van der Waals surface area contributed by atoms with Crippen LogP contribution in [0.4, 0.5) is 5.69 Å². The van der Waals surface area contributed by atoms with Gasteiger partial charge in [-0.25, -0.2) is 8.42 Å². The van der Waals surface area contributed by atoms with E-state index in [9.17, 15) is 13.2 Å². The van der Waals surface area contributed by atoms with Gasteiger partial charge in [-0.15, -0.1) is 0 Å². The lowest BCUT2D eigenvalue weighted by molar-refractivity contribution is -0.135. The summed E-state index contributed by atoms with van der Waals surface area (Å²) in [6.45, 7) is 4.46. The average molecular weight is 556 g/mol. The standard InChI is InChI=1S/C32H33N3O4S/c1-25-10-8-9-15-30(25)33-40(37,38)29-18-16-28(17-19-29)39-24-31(36)34-20-22-35(23-21-34)32(26-11-4-2-5-12-26)27-13-6-3-7-14-27/h2-19,32-33H,20-24H2,1H3. The predicted octanol–water partition coefficient (Wildman–Crippen LogP) is 5.11. The zero-order valence-electron chi connectivity index (χ0n) is 22.4. The van der Waals surface area contributed by atoms with Crippen LogP contribution in [-0.4, -0.2) is 56.9 Å². The fourth-order valence-corrected chi connectivity index (χ4v) is 6.09. The molecule has 0 atom stereocenters. The van der Waals surface area contributed by atoms with Crippen molar-refractivity contribution >= 4 is 21.6 Å². The number of carbonyl (C=O) groups excluding carboxylic acids is 1. The van der Waals surface area contributed by atoms with E-state index >= 15 is 0 Å². The molecule has 8 heteroatoms. The van der Waals surface area contributed by atoms with Gasteiger partial charge < -0.3 is 9.64 Å². The zero-order valence-corrected chi connectivity index (χ0v) is 23.3. The lowest BCUT2D eigenvalue weighted by atomic mass is 9.96. The Bertz CT molecular complexity index is 1480. The van der Waals surface area contributed by atoms with Crippen LogP contribution in [0.15, 0.2) is 114 Å². The number of nitrogens with zero attached hydrogens (tertiary/aromatic N) is 2. The molecule has 5 rings (SSSR count). The highest BCUT2D eigenvalue weighted by Crippen LogP contribution is 2.29. The van der Waals surface area contributed by atoms with E-state index in [2.05, 4.69) is 58.2 Å². The van der Waals surface area contributed by atoms with Gasteiger partial charge in [0.25, 0.3) is 15.9 Å². The molecule has 0 aromatic heterocycles. The summed E-state index contributed by atoms with van der Waals surface area (Å²) in [5, 5.41) is 0. The highest BCUT2D eigenvalue weighted by molar-refractivity contribution is 7.92. The fraction of sp³-hybridized carbons (Fsp3) is 0.219. The zero-order chi connectivity index (χ0) is 28.0. The minimum atomic E-state index is -3.74. The average Bonchev–Trinajstić information content (AvgIpc) is 2.99. The van der Waals surface area contributed by atoms with Crippen LogP contribution in [0.1, 0.15) is 22.7 Å². The van der Waals surface area contributed by atoms with E-state index in [0.717, 1.165) is 18.7 Å². The Labute approximate surface area is 236 Å². The molecule has 7 nitrogen and oxygen atoms in total. The number of amides is 1. The first-order valence-corrected chi connectivity index (χ1v) is 14.8. The second-order valence-corrected chi connectivity index (χ2v) is 11.5. The molecule has 1 N–H and O–H groups in total. The number of nitrogens with one attached hydrogen (secondary N) is 1. The smallest absolute Gasteiger partial charge is 0.261 e. The van der Waals surface area contributed by atoms with Crippen molar-refractivity contribution in [2.24, 2.45) is 0 Å². The van der Waals surface area contributed by atoms with E-state index in [0.29, 0.717) is 24.5 Å². The normalized spacial score (nSPS) is 14.2. The van der Waals surface area contributed by atoms with Gasteiger partial charge in [0.15, 0.2) is 6.61 Å². The van der Waals surface area contributed by atoms with Gasteiger partial charge in [0.05, 0.1) is 16.6 Å². The van der Waals surface area contributed by atoms with Gasteiger partial charge in [0.1, 0.15) is 5.75 Å². The number of carbonyl (C=O) groups is 1. The Morgan fingerprint density at radius 2 is 1.32 bits per heavy atom. The molecule has 0 saturated carbocycles. The number of sulfonamides is 1. The first kappa shape index (κ1) is 27.4. The van der Waals surface area contributed by atoms with E-state index in [4.69, 9.17) is 4.74 Å². The van der Waals surface area contributed by atoms with Gasteiger partial charge >= 0.3 is 0 Å². The molecule has 1 aliphatic rings. The molecule has 40 heavy (non-hydrogen) atoms. The van der Waals surface area contributed by atoms with Crippen LogP contribution in [0.25, 0.3) is 0 Å². The van der Waals surface area contributed by atoms with Gasteiger partial charge in [0.2, 0.25) is 0 Å². The number of benzene rings is 4. The first-order valence-electron chi connectivity index (χ1n) is 13.3. The van der Waals surface area contributed by atoms with Crippen molar-refractivity contribution in [3.8, 4) is 5.75 Å². The Kier molecular flexibility index (Phi) is 8.48. The van der Waals surface area contributed by atoms with Gasteiger partial charge in [0, 0.05) is 26.2 Å². The van der Waals surface area contributed by atoms with E-state index in [1.54, 1.807) is 24.3 Å². The molecule has 1 aliphatic heterocycles. The van der Waals surface area contributed by atoms with Crippen molar-refractivity contribution in [2.75, 3.05) is 37.5 Å². The van der Waals surface area contributed by atoms with Crippen LogP contribution in [-0.2, 0) is 14.8 Å². The summed E-state index contributed by atoms with van der Waals surface area (Å²) >= 11 is 0. The number of aryl methyl sites for hydroxylation is 1. The van der Waals surface area contributed by atoms with Crippen LogP contribution >= 0.6 is 0 Å². The maximum atomic E-state index is 12.9. The van der Waals surface area contributed by atoms with Crippen LogP contribution in [0.5, 0.6) is 5.75 Å². The highest BCUT2D eigenvalue weighted by Gasteiger charge is 2.28. The Morgan fingerprint density at radius 3 is 1.90 bits per heavy atom. The number of hydrogen-bond donors (Lipinski definition) is 1. The number of para-hydroxylation sites is 1. The molecular formula is C32H33N3O4S. The summed E-state index contributed by atoms with van der Waals surface area (Å²) in [4.78, 5) is 17.3. The molecule has 206 valence electrons. The third kappa shape index (κ3) is 6.52. The molecule has 0 unspecified atom stereocenters. The monoisotopic (exact) mass is 555 g/mol. The topological polar surface area (TPSA) is 78.9 Å². The van der Waals surface area contributed by atoms with E-state index < -0.39 is 10.0 Å². The molecule has 0 aliphatic carbocycles. The summed E-state index contributed by atoms with van der Waals surface area (Å²) in [5.74, 6) is 0.351. The lowest BCUT2D eigenvalue weighted by Crippen LogP contribution is -2.51. The number of piperazine rings is 1. The van der Waals surface area contributed by atoms with Crippen LogP contribution in [0, 0.1) is 6.92 Å². The van der Waals surface area contributed by atoms with Crippen molar-refractivity contribution in [3.63, 3.8) is 0 Å². The van der Waals surface area contributed by atoms with E-state index in [1.165, 1.54) is 23.3 Å². The van der Waals surface area contributed by atoms with E-state index in [-0.39, 0.29) is 23.5 Å². The fourth-order valence-electron chi connectivity index (χ4n) is 4.96. The van der Waals surface area contributed by atoms with Gasteiger partial charge in [-0.1, -0.05) is 78.9 Å². The van der Waals surface area contributed by atoms with Gasteiger partial charge in [-0.05, 0) is 53.9 Å². The van der Waals surface area contributed by atoms with Crippen molar-refractivity contribution in [3.05, 3.63) is 126 Å². The third-order valence-electron chi connectivity index (χ3n) is 7.15. The number of anilines is 1. The molecule has 0 radical (unpaired) electrons. The molecule has 4 aromatic carbocycles. The van der Waals surface area contributed by atoms with Crippen LogP contribution in [0.2, 0.25) is 0 Å². The minimum Gasteiger partial charge on any atom is -0.484 e. The van der Waals surface area contributed by atoms with Gasteiger partial charge in [-0.2, -0.15) is 0 Å². The largest absolute Gasteiger partial charge is 0.484 e. The minimum absolute atomic E-state index is 0.0893. The molecule has 1 fully saturated rings. The predicted molar refractivity (Wildman–Crippen MR) is 157 cm³/mol. The van der Waals surface area contributed by atoms with Crippen molar-refractivity contribution in [1.29, 1.82) is 0 Å². The molecular weight excluding hydrogens is 522 g/mol. The number of ether oxygens (including phenoxy) is 1. The van der Waals surface area contributed by atoms with Gasteiger partial charge in [-0.3, -0.25) is 14.4 Å². The maximum Gasteiger partial charge on any atom is 0.261 e. The summed E-state index contributed by atoms with van der Waals surface area (Å²) in [6.07, 6.45) is 0. The van der Waals surface area contributed by atoms with Crippen molar-refractivity contribution in [2.45, 2.75) is 17.9 Å². The molecule has 0 spiro atoms. The van der Waals surface area contributed by atoms with E-state index in [1.807, 2.05) is 36.1 Å². The van der Waals surface area contributed by atoms with Crippen molar-refractivity contribution < 1.29 is 17.9 Å². The van der Waals surface area contributed by atoms with Crippen LogP contribution in [0.3, 0.4) is 0 Å². The molecule has 4 aromatic rings. The summed E-state index contributed by atoms with van der Waals surface area (Å²) < 4.78 is 33.9. The molecule has 1 amide bonds. The second-order valence-electron chi connectivity index (χ2n) is 9.82. The summed E-state index contributed by atoms with van der Waals surface area (Å²) in [7, 11) is -3.74. The quantitative estimate of drug-likeness (QED) is 0.311. The number of rotatable bonds is 9. The second kappa shape index (κ2) is 12.4. The van der Waals surface area contributed by atoms with Crippen LogP contribution < -0.4 is 9.46 Å². The Hall–Kier alpha value is -4.14.